The zero-order valence-electron chi connectivity index (χ0n) is 13.1. The average Bonchev–Trinajstić information content (AvgIpc) is 2.57. The molecule has 0 saturated carbocycles. The SMILES string of the molecule is COc1cc(Br)c(CCN(Cc2ccc(O)cc2)OC#N)cc1O. The van der Waals surface area contributed by atoms with Crippen molar-refractivity contribution in [1.82, 2.24) is 5.06 Å². The second-order valence-corrected chi connectivity index (χ2v) is 5.93. The lowest BCUT2D eigenvalue weighted by molar-refractivity contribution is -0.0988. The summed E-state index contributed by atoms with van der Waals surface area (Å²) in [5.74, 6) is 0.631. The molecule has 2 N–H and O–H groups in total. The number of benzene rings is 2. The van der Waals surface area contributed by atoms with E-state index in [0.717, 1.165) is 15.6 Å². The molecule has 7 heteroatoms. The summed E-state index contributed by atoms with van der Waals surface area (Å²) < 4.78 is 5.86. The van der Waals surface area contributed by atoms with Crippen molar-refractivity contribution in [2.24, 2.45) is 0 Å². The Morgan fingerprint density at radius 3 is 2.54 bits per heavy atom. The Morgan fingerprint density at radius 2 is 1.92 bits per heavy atom. The molecule has 2 aromatic carbocycles. The fourth-order valence-electron chi connectivity index (χ4n) is 2.21. The summed E-state index contributed by atoms with van der Waals surface area (Å²) in [4.78, 5) is 4.99. The van der Waals surface area contributed by atoms with Crippen molar-refractivity contribution in [2.45, 2.75) is 13.0 Å². The van der Waals surface area contributed by atoms with E-state index in [2.05, 4.69) is 15.9 Å². The number of phenolic OH excluding ortho intramolecular Hbond substituents is 2. The van der Waals surface area contributed by atoms with Crippen molar-refractivity contribution in [2.75, 3.05) is 13.7 Å². The van der Waals surface area contributed by atoms with E-state index in [4.69, 9.17) is 14.8 Å². The normalized spacial score (nSPS) is 10.4. The minimum absolute atomic E-state index is 0.0574. The summed E-state index contributed by atoms with van der Waals surface area (Å²) in [5, 5.41) is 29.5. The Bertz CT molecular complexity index is 729. The second-order valence-electron chi connectivity index (χ2n) is 5.08. The number of methoxy groups -OCH3 is 1. The molecule has 2 rings (SSSR count). The average molecular weight is 393 g/mol. The van der Waals surface area contributed by atoms with Crippen molar-refractivity contribution in [1.29, 1.82) is 5.26 Å². The first kappa shape index (κ1) is 17.9. The minimum atomic E-state index is 0.0574. The predicted octanol–water partition coefficient (Wildman–Crippen LogP) is 3.33. The first-order valence-electron chi connectivity index (χ1n) is 7.17. The Kier molecular flexibility index (Phi) is 6.29. The third kappa shape index (κ3) is 4.78. The lowest BCUT2D eigenvalue weighted by Gasteiger charge is -2.18. The van der Waals surface area contributed by atoms with Crippen molar-refractivity contribution in [3.8, 4) is 23.5 Å². The van der Waals surface area contributed by atoms with Crippen LogP contribution in [0.5, 0.6) is 17.2 Å². The maximum absolute atomic E-state index is 9.88. The largest absolute Gasteiger partial charge is 0.508 e. The van der Waals surface area contributed by atoms with Gasteiger partial charge in [0.15, 0.2) is 11.5 Å². The summed E-state index contributed by atoms with van der Waals surface area (Å²) >= 11 is 3.44. The van der Waals surface area contributed by atoms with Gasteiger partial charge in [0.05, 0.1) is 13.7 Å². The Hall–Kier alpha value is -2.43. The molecule has 2 aromatic rings. The number of hydroxylamine groups is 2. The van der Waals surface area contributed by atoms with Gasteiger partial charge in [-0.2, -0.15) is 0 Å². The molecule has 24 heavy (non-hydrogen) atoms. The molecule has 0 bridgehead atoms. The maximum Gasteiger partial charge on any atom is 0.307 e. The van der Waals surface area contributed by atoms with E-state index in [1.54, 1.807) is 42.7 Å². The molecule has 0 heterocycles. The van der Waals surface area contributed by atoms with Gasteiger partial charge in [-0.15, -0.1) is 10.3 Å². The standard InChI is InChI=1S/C17H17BrN2O4/c1-23-17-9-15(18)13(8-16(17)22)6-7-20(24-11-19)10-12-2-4-14(21)5-3-12/h2-5,8-9,21-22H,6-7,10H2,1H3. The van der Waals surface area contributed by atoms with Crippen LogP contribution < -0.4 is 4.74 Å². The van der Waals surface area contributed by atoms with Crippen LogP contribution >= 0.6 is 15.9 Å². The van der Waals surface area contributed by atoms with Gasteiger partial charge in [-0.1, -0.05) is 28.1 Å². The quantitative estimate of drug-likeness (QED) is 0.555. The molecule has 0 atom stereocenters. The molecule has 0 unspecified atom stereocenters. The number of halogens is 1. The van der Waals surface area contributed by atoms with Gasteiger partial charge in [-0.3, -0.25) is 0 Å². The number of aromatic hydroxyl groups is 2. The molecule has 0 amide bonds. The molecule has 0 aliphatic heterocycles. The molecular weight excluding hydrogens is 376 g/mol. The molecule has 0 aromatic heterocycles. The fraction of sp³-hybridized carbons (Fsp3) is 0.235. The number of rotatable bonds is 7. The Balaban J connectivity index is 2.05. The van der Waals surface area contributed by atoms with Crippen LogP contribution in [0.4, 0.5) is 0 Å². The van der Waals surface area contributed by atoms with Gasteiger partial charge in [0.2, 0.25) is 0 Å². The van der Waals surface area contributed by atoms with Crippen molar-refractivity contribution < 1.29 is 19.8 Å². The van der Waals surface area contributed by atoms with E-state index < -0.39 is 0 Å². The summed E-state index contributed by atoms with van der Waals surface area (Å²) in [6.45, 7) is 0.840. The van der Waals surface area contributed by atoms with Gasteiger partial charge >= 0.3 is 6.26 Å². The van der Waals surface area contributed by atoms with Gasteiger partial charge in [0.25, 0.3) is 0 Å². The molecule has 0 radical (unpaired) electrons. The Morgan fingerprint density at radius 1 is 1.21 bits per heavy atom. The molecule has 0 spiro atoms. The Labute approximate surface area is 148 Å². The minimum Gasteiger partial charge on any atom is -0.508 e. The van der Waals surface area contributed by atoms with Gasteiger partial charge in [0, 0.05) is 11.0 Å². The monoisotopic (exact) mass is 392 g/mol. The van der Waals surface area contributed by atoms with Gasteiger partial charge in [0.1, 0.15) is 5.75 Å². The first-order chi connectivity index (χ1) is 11.5. The molecular formula is C17H17BrN2O4. The zero-order valence-corrected chi connectivity index (χ0v) is 14.7. The van der Waals surface area contributed by atoms with Crippen LogP contribution in [0.3, 0.4) is 0 Å². The highest BCUT2D eigenvalue weighted by atomic mass is 79.9. The smallest absolute Gasteiger partial charge is 0.307 e. The van der Waals surface area contributed by atoms with E-state index in [0.29, 0.717) is 25.3 Å². The van der Waals surface area contributed by atoms with Crippen molar-refractivity contribution in [3.63, 3.8) is 0 Å². The van der Waals surface area contributed by atoms with Crippen LogP contribution in [-0.2, 0) is 17.8 Å². The van der Waals surface area contributed by atoms with Gasteiger partial charge < -0.3 is 19.8 Å². The molecule has 0 aliphatic rings. The highest BCUT2D eigenvalue weighted by Crippen LogP contribution is 2.32. The van der Waals surface area contributed by atoms with Gasteiger partial charge in [-0.05, 0) is 41.8 Å². The summed E-state index contributed by atoms with van der Waals surface area (Å²) in [6, 6.07) is 10.0. The predicted molar refractivity (Wildman–Crippen MR) is 91.3 cm³/mol. The molecule has 0 saturated heterocycles. The van der Waals surface area contributed by atoms with E-state index in [9.17, 15) is 10.2 Å². The third-order valence-corrected chi connectivity index (χ3v) is 4.18. The fourth-order valence-corrected chi connectivity index (χ4v) is 2.73. The summed E-state index contributed by atoms with van der Waals surface area (Å²) in [6.07, 6.45) is 2.23. The van der Waals surface area contributed by atoms with Crippen LogP contribution in [0.25, 0.3) is 0 Å². The van der Waals surface area contributed by atoms with Crippen LogP contribution in [0, 0.1) is 11.5 Å². The topological polar surface area (TPSA) is 86.0 Å². The third-order valence-electron chi connectivity index (χ3n) is 3.44. The second kappa shape index (κ2) is 8.43. The lowest BCUT2D eigenvalue weighted by Crippen LogP contribution is -2.24. The van der Waals surface area contributed by atoms with E-state index in [-0.39, 0.29) is 11.5 Å². The number of nitrogens with zero attached hydrogens (tertiary/aromatic N) is 2. The highest BCUT2D eigenvalue weighted by Gasteiger charge is 2.12. The maximum atomic E-state index is 9.88. The summed E-state index contributed by atoms with van der Waals surface area (Å²) in [7, 11) is 1.49. The molecule has 0 fully saturated rings. The number of nitriles is 1. The number of hydrogen-bond donors (Lipinski definition) is 2. The van der Waals surface area contributed by atoms with Crippen molar-refractivity contribution in [3.05, 3.63) is 52.0 Å². The summed E-state index contributed by atoms with van der Waals surface area (Å²) in [5.41, 5.74) is 1.77. The lowest BCUT2D eigenvalue weighted by atomic mass is 10.1. The molecule has 6 nitrogen and oxygen atoms in total. The number of ether oxygens (including phenoxy) is 1. The first-order valence-corrected chi connectivity index (χ1v) is 7.97. The van der Waals surface area contributed by atoms with Crippen LogP contribution in [0.2, 0.25) is 0 Å². The molecule has 0 aliphatic carbocycles. The van der Waals surface area contributed by atoms with E-state index >= 15 is 0 Å². The van der Waals surface area contributed by atoms with Crippen LogP contribution in [-0.4, -0.2) is 28.9 Å². The highest BCUT2D eigenvalue weighted by molar-refractivity contribution is 9.10. The number of hydrogen-bond acceptors (Lipinski definition) is 6. The van der Waals surface area contributed by atoms with Crippen molar-refractivity contribution >= 4 is 15.9 Å². The zero-order chi connectivity index (χ0) is 17.5. The van der Waals surface area contributed by atoms with Crippen LogP contribution in [0.15, 0.2) is 40.9 Å². The van der Waals surface area contributed by atoms with E-state index in [1.165, 1.54) is 12.2 Å². The van der Waals surface area contributed by atoms with Gasteiger partial charge in [-0.25, -0.2) is 0 Å². The van der Waals surface area contributed by atoms with Crippen LogP contribution in [0.1, 0.15) is 11.1 Å². The van der Waals surface area contributed by atoms with E-state index in [1.807, 2.05) is 0 Å². The number of phenols is 2. The molecule has 126 valence electrons.